The fourth-order valence-corrected chi connectivity index (χ4v) is 2.89. The summed E-state index contributed by atoms with van der Waals surface area (Å²) in [6, 6.07) is 6.00. The molecule has 1 aliphatic carbocycles. The average molecular weight is 353 g/mol. The number of non-ortho nitro benzene ring substituents is 1. The highest BCUT2D eigenvalue weighted by atomic mass is 16.6. The van der Waals surface area contributed by atoms with Crippen LogP contribution in [-0.4, -0.2) is 20.6 Å². The van der Waals surface area contributed by atoms with Crippen molar-refractivity contribution in [3.8, 4) is 6.07 Å². The van der Waals surface area contributed by atoms with E-state index in [2.05, 4.69) is 10.4 Å². The van der Waals surface area contributed by atoms with Crippen molar-refractivity contribution in [2.24, 2.45) is 0 Å². The lowest BCUT2D eigenvalue weighted by molar-refractivity contribution is -0.384. The second-order valence-corrected chi connectivity index (χ2v) is 6.02. The van der Waals surface area contributed by atoms with Crippen molar-refractivity contribution in [2.75, 3.05) is 5.32 Å². The first kappa shape index (κ1) is 17.3. The molecule has 9 nitrogen and oxygen atoms in total. The van der Waals surface area contributed by atoms with E-state index < -0.39 is 16.9 Å². The van der Waals surface area contributed by atoms with Gasteiger partial charge in [-0.25, -0.2) is 4.68 Å². The smallest absolute Gasteiger partial charge is 0.270 e. The summed E-state index contributed by atoms with van der Waals surface area (Å²) in [5.41, 5.74) is 1.23. The van der Waals surface area contributed by atoms with Crippen molar-refractivity contribution in [3.05, 3.63) is 61.6 Å². The fourth-order valence-electron chi connectivity index (χ4n) is 2.89. The van der Waals surface area contributed by atoms with E-state index in [-0.39, 0.29) is 22.5 Å². The Morgan fingerprint density at radius 1 is 1.42 bits per heavy atom. The van der Waals surface area contributed by atoms with Crippen LogP contribution in [0.5, 0.6) is 0 Å². The van der Waals surface area contributed by atoms with Gasteiger partial charge in [0, 0.05) is 18.2 Å². The summed E-state index contributed by atoms with van der Waals surface area (Å²) in [4.78, 5) is 34.9. The Labute approximate surface area is 148 Å². The van der Waals surface area contributed by atoms with Crippen molar-refractivity contribution in [1.82, 2.24) is 9.78 Å². The zero-order valence-electron chi connectivity index (χ0n) is 13.9. The minimum Gasteiger partial charge on any atom is -0.323 e. The molecule has 0 aliphatic heterocycles. The lowest BCUT2D eigenvalue weighted by Gasteiger charge is -2.15. The summed E-state index contributed by atoms with van der Waals surface area (Å²) < 4.78 is 1.12. The monoisotopic (exact) mass is 353 g/mol. The third-order valence-corrected chi connectivity index (χ3v) is 4.32. The Kier molecular flexibility index (Phi) is 4.49. The van der Waals surface area contributed by atoms with Gasteiger partial charge in [-0.05, 0) is 37.8 Å². The highest BCUT2D eigenvalue weighted by Crippen LogP contribution is 2.23. The topological polar surface area (TPSA) is 131 Å². The molecule has 0 spiro atoms. The van der Waals surface area contributed by atoms with Gasteiger partial charge in [0.05, 0.1) is 21.9 Å². The molecule has 0 radical (unpaired) electrons. The zero-order chi connectivity index (χ0) is 18.8. The zero-order valence-corrected chi connectivity index (χ0v) is 13.9. The van der Waals surface area contributed by atoms with Gasteiger partial charge < -0.3 is 5.32 Å². The lowest BCUT2D eigenvalue weighted by Crippen LogP contribution is -2.34. The summed E-state index contributed by atoms with van der Waals surface area (Å²) >= 11 is 0. The van der Waals surface area contributed by atoms with Crippen molar-refractivity contribution in [3.63, 3.8) is 0 Å². The van der Waals surface area contributed by atoms with Crippen LogP contribution < -0.4 is 10.9 Å². The van der Waals surface area contributed by atoms with Crippen LogP contribution in [0.4, 0.5) is 11.4 Å². The molecule has 0 saturated carbocycles. The largest absolute Gasteiger partial charge is 0.323 e. The van der Waals surface area contributed by atoms with Crippen LogP contribution in [0.3, 0.4) is 0 Å². The van der Waals surface area contributed by atoms with Gasteiger partial charge in [0.15, 0.2) is 0 Å². The Morgan fingerprint density at radius 2 is 2.19 bits per heavy atom. The second kappa shape index (κ2) is 6.76. The molecule has 1 heterocycles. The third kappa shape index (κ3) is 3.17. The summed E-state index contributed by atoms with van der Waals surface area (Å²) in [6.45, 7) is 1.53. The first-order valence-corrected chi connectivity index (χ1v) is 8.01. The van der Waals surface area contributed by atoms with E-state index in [4.69, 9.17) is 5.26 Å². The molecule has 0 fully saturated rings. The highest BCUT2D eigenvalue weighted by molar-refractivity contribution is 5.94. The number of amides is 1. The van der Waals surface area contributed by atoms with Crippen LogP contribution in [0.15, 0.2) is 29.1 Å². The number of carbonyl (C=O) groups is 1. The van der Waals surface area contributed by atoms with E-state index >= 15 is 0 Å². The molecule has 1 aromatic heterocycles. The number of fused-ring (bicyclic) bond motifs is 1. The van der Waals surface area contributed by atoms with Gasteiger partial charge in [-0.1, -0.05) is 0 Å². The maximum atomic E-state index is 12.5. The standard InChI is InChI=1S/C17H15N5O4/c1-10(21-16(23)8-11-3-2-4-15(11)20-21)17(24)19-14-6-5-13(22(25)26)7-12(14)9-18/h5-8,10H,2-4H2,1H3,(H,19,24). The Bertz CT molecular complexity index is 1010. The number of carbonyl (C=O) groups excluding carboxylic acids is 1. The highest BCUT2D eigenvalue weighted by Gasteiger charge is 2.22. The molecule has 1 aromatic carbocycles. The predicted molar refractivity (Wildman–Crippen MR) is 91.7 cm³/mol. The average Bonchev–Trinajstić information content (AvgIpc) is 3.07. The number of hydrogen-bond donors (Lipinski definition) is 1. The van der Waals surface area contributed by atoms with Gasteiger partial charge in [0.1, 0.15) is 12.1 Å². The maximum Gasteiger partial charge on any atom is 0.270 e. The van der Waals surface area contributed by atoms with Crippen LogP contribution in [0.1, 0.15) is 36.2 Å². The van der Waals surface area contributed by atoms with Gasteiger partial charge >= 0.3 is 0 Å². The Hall–Kier alpha value is -3.54. The molecule has 132 valence electrons. The number of nitrogens with one attached hydrogen (secondary N) is 1. The van der Waals surface area contributed by atoms with Gasteiger partial charge in [0.2, 0.25) is 5.91 Å². The summed E-state index contributed by atoms with van der Waals surface area (Å²) in [6.07, 6.45) is 2.51. The van der Waals surface area contributed by atoms with Crippen LogP contribution in [0, 0.1) is 21.4 Å². The molecule has 1 unspecified atom stereocenters. The van der Waals surface area contributed by atoms with Crippen LogP contribution >= 0.6 is 0 Å². The molecule has 1 amide bonds. The molecule has 0 saturated heterocycles. The third-order valence-electron chi connectivity index (χ3n) is 4.32. The van der Waals surface area contributed by atoms with Crippen molar-refractivity contribution in [2.45, 2.75) is 32.2 Å². The fraction of sp³-hybridized carbons (Fsp3) is 0.294. The SMILES string of the molecule is CC(C(=O)Nc1ccc([N+](=O)[O-])cc1C#N)n1nc2c(cc1=O)CCC2. The van der Waals surface area contributed by atoms with Crippen molar-refractivity contribution < 1.29 is 9.72 Å². The van der Waals surface area contributed by atoms with Crippen molar-refractivity contribution >= 4 is 17.3 Å². The molecule has 26 heavy (non-hydrogen) atoms. The molecular weight excluding hydrogens is 338 g/mol. The van der Waals surface area contributed by atoms with Gasteiger partial charge in [-0.3, -0.25) is 19.7 Å². The first-order chi connectivity index (χ1) is 12.4. The molecular formula is C17H15N5O4. The normalized spacial score (nSPS) is 13.5. The van der Waals surface area contributed by atoms with Gasteiger partial charge in [0.25, 0.3) is 11.2 Å². The number of nitro groups is 1. The molecule has 2 aromatic rings. The second-order valence-electron chi connectivity index (χ2n) is 6.02. The minimum atomic E-state index is -0.893. The molecule has 0 bridgehead atoms. The summed E-state index contributed by atoms with van der Waals surface area (Å²) in [5.74, 6) is -0.539. The molecule has 1 atom stereocenters. The number of nitrogens with zero attached hydrogens (tertiary/aromatic N) is 4. The number of anilines is 1. The lowest BCUT2D eigenvalue weighted by atomic mass is 10.1. The number of aryl methyl sites for hydroxylation is 2. The van der Waals surface area contributed by atoms with Crippen LogP contribution in [0.25, 0.3) is 0 Å². The number of hydrogen-bond acceptors (Lipinski definition) is 6. The van der Waals surface area contributed by atoms with E-state index in [0.29, 0.717) is 0 Å². The van der Waals surface area contributed by atoms with E-state index in [0.717, 1.165) is 41.3 Å². The minimum absolute atomic E-state index is 0.0333. The Balaban J connectivity index is 1.86. The van der Waals surface area contributed by atoms with Crippen LogP contribution in [-0.2, 0) is 17.6 Å². The molecule has 3 rings (SSSR count). The number of nitriles is 1. The molecule has 1 aliphatic rings. The number of nitro benzene ring substituents is 1. The van der Waals surface area contributed by atoms with E-state index in [1.54, 1.807) is 0 Å². The Morgan fingerprint density at radius 3 is 2.88 bits per heavy atom. The molecule has 9 heteroatoms. The number of rotatable bonds is 4. The van der Waals surface area contributed by atoms with Gasteiger partial charge in [-0.15, -0.1) is 0 Å². The van der Waals surface area contributed by atoms with Crippen LogP contribution in [0.2, 0.25) is 0 Å². The maximum absolute atomic E-state index is 12.5. The summed E-state index contributed by atoms with van der Waals surface area (Å²) in [5, 5.41) is 26.8. The van der Waals surface area contributed by atoms with E-state index in [1.807, 2.05) is 6.07 Å². The molecule has 1 N–H and O–H groups in total. The predicted octanol–water partition coefficient (Wildman–Crippen LogP) is 1.71. The summed E-state index contributed by atoms with van der Waals surface area (Å²) in [7, 11) is 0. The first-order valence-electron chi connectivity index (χ1n) is 8.01. The number of aromatic nitrogens is 2. The van der Waals surface area contributed by atoms with E-state index in [1.165, 1.54) is 25.1 Å². The van der Waals surface area contributed by atoms with E-state index in [9.17, 15) is 19.7 Å². The van der Waals surface area contributed by atoms with Gasteiger partial charge in [-0.2, -0.15) is 10.4 Å². The quantitative estimate of drug-likeness (QED) is 0.657. The van der Waals surface area contributed by atoms with Crippen molar-refractivity contribution in [1.29, 1.82) is 5.26 Å². The number of benzene rings is 1.